The van der Waals surface area contributed by atoms with Crippen molar-refractivity contribution < 1.29 is 14.3 Å². The van der Waals surface area contributed by atoms with Crippen LogP contribution in [0, 0.1) is 19.7 Å². The zero-order chi connectivity index (χ0) is 18.7. The number of aromatic hydroxyl groups is 1. The zero-order valence-corrected chi connectivity index (χ0v) is 14.4. The van der Waals surface area contributed by atoms with E-state index in [0.717, 1.165) is 17.0 Å². The standard InChI is InChI=1S/C20H18FN3O2/c1-13-11-15(14(2)24(13)18-9-5-4-8-17(18)21)12-22-23-20(26)16-7-3-6-10-19(16)25/h3-12,25H,1-2H3,(H,23,26)/b22-12-. The predicted octanol–water partition coefficient (Wildman–Crippen LogP) is 3.70. The highest BCUT2D eigenvalue weighted by atomic mass is 19.1. The molecule has 0 saturated carbocycles. The first-order chi connectivity index (χ1) is 12.5. The maximum Gasteiger partial charge on any atom is 0.275 e. The number of hydrazone groups is 1. The van der Waals surface area contributed by atoms with Crippen LogP contribution in [0.15, 0.2) is 59.7 Å². The molecule has 3 aromatic rings. The van der Waals surface area contributed by atoms with E-state index in [1.54, 1.807) is 34.9 Å². The summed E-state index contributed by atoms with van der Waals surface area (Å²) in [7, 11) is 0. The van der Waals surface area contributed by atoms with Crippen molar-refractivity contribution in [3.05, 3.63) is 82.9 Å². The molecule has 0 aliphatic rings. The molecule has 2 N–H and O–H groups in total. The summed E-state index contributed by atoms with van der Waals surface area (Å²) in [5.74, 6) is -0.939. The van der Waals surface area contributed by atoms with Gasteiger partial charge < -0.3 is 9.67 Å². The van der Waals surface area contributed by atoms with Crippen LogP contribution in [0.3, 0.4) is 0 Å². The second-order valence-electron chi connectivity index (χ2n) is 5.83. The predicted molar refractivity (Wildman–Crippen MR) is 98.4 cm³/mol. The van der Waals surface area contributed by atoms with E-state index in [2.05, 4.69) is 10.5 Å². The van der Waals surface area contributed by atoms with Gasteiger partial charge in [0, 0.05) is 17.0 Å². The monoisotopic (exact) mass is 351 g/mol. The molecule has 0 aliphatic carbocycles. The SMILES string of the molecule is Cc1cc(/C=N\NC(=O)c2ccccc2O)c(C)n1-c1ccccc1F. The Bertz CT molecular complexity index is 992. The van der Waals surface area contributed by atoms with Crippen LogP contribution in [0.2, 0.25) is 0 Å². The smallest absolute Gasteiger partial charge is 0.275 e. The zero-order valence-electron chi connectivity index (χ0n) is 14.4. The number of amides is 1. The molecule has 1 amide bonds. The van der Waals surface area contributed by atoms with Gasteiger partial charge in [0.1, 0.15) is 11.6 Å². The van der Waals surface area contributed by atoms with Gasteiger partial charge in [0.05, 0.1) is 17.5 Å². The highest BCUT2D eigenvalue weighted by molar-refractivity contribution is 5.97. The van der Waals surface area contributed by atoms with Crippen molar-refractivity contribution in [3.8, 4) is 11.4 Å². The van der Waals surface area contributed by atoms with Crippen LogP contribution in [0.5, 0.6) is 5.75 Å². The second kappa shape index (κ2) is 7.23. The van der Waals surface area contributed by atoms with E-state index >= 15 is 0 Å². The third-order valence-electron chi connectivity index (χ3n) is 4.08. The highest BCUT2D eigenvalue weighted by Crippen LogP contribution is 2.22. The number of aryl methyl sites for hydroxylation is 1. The summed E-state index contributed by atoms with van der Waals surface area (Å²) >= 11 is 0. The maximum absolute atomic E-state index is 14.1. The Morgan fingerprint density at radius 1 is 1.15 bits per heavy atom. The number of halogens is 1. The molecule has 0 bridgehead atoms. The Labute approximate surface area is 150 Å². The first kappa shape index (κ1) is 17.4. The number of carbonyl (C=O) groups excluding carboxylic acids is 1. The van der Waals surface area contributed by atoms with Gasteiger partial charge in [0.2, 0.25) is 0 Å². The molecule has 3 rings (SSSR count). The average Bonchev–Trinajstić information content (AvgIpc) is 2.90. The summed E-state index contributed by atoms with van der Waals surface area (Å²) in [6.45, 7) is 3.73. The van der Waals surface area contributed by atoms with Crippen LogP contribution in [0.25, 0.3) is 5.69 Å². The molecule has 132 valence electrons. The molecule has 0 unspecified atom stereocenters. The number of nitrogens with zero attached hydrogens (tertiary/aromatic N) is 2. The summed E-state index contributed by atoms with van der Waals surface area (Å²) in [5.41, 5.74) is 5.38. The minimum Gasteiger partial charge on any atom is -0.507 e. The van der Waals surface area contributed by atoms with Crippen molar-refractivity contribution in [3.63, 3.8) is 0 Å². The minimum atomic E-state index is -0.512. The van der Waals surface area contributed by atoms with E-state index in [4.69, 9.17) is 0 Å². The fourth-order valence-corrected chi connectivity index (χ4v) is 2.81. The number of para-hydroxylation sites is 2. The van der Waals surface area contributed by atoms with E-state index < -0.39 is 5.91 Å². The number of phenolic OH excluding ortho intramolecular Hbond substituents is 1. The topological polar surface area (TPSA) is 66.6 Å². The van der Waals surface area contributed by atoms with E-state index in [9.17, 15) is 14.3 Å². The normalized spacial score (nSPS) is 11.0. The molecule has 6 heteroatoms. The number of aromatic nitrogens is 1. The fourth-order valence-electron chi connectivity index (χ4n) is 2.81. The Hall–Kier alpha value is -3.41. The summed E-state index contributed by atoms with van der Waals surface area (Å²) in [6.07, 6.45) is 1.50. The molecule has 1 aromatic heterocycles. The fraction of sp³-hybridized carbons (Fsp3) is 0.100. The molecular weight excluding hydrogens is 333 g/mol. The summed E-state index contributed by atoms with van der Waals surface area (Å²) in [6, 6.07) is 14.6. The van der Waals surface area contributed by atoms with Gasteiger partial charge in [0.25, 0.3) is 5.91 Å². The van der Waals surface area contributed by atoms with Crippen LogP contribution in [0.4, 0.5) is 4.39 Å². The van der Waals surface area contributed by atoms with Gasteiger partial charge in [-0.15, -0.1) is 0 Å². The Morgan fingerprint density at radius 2 is 1.85 bits per heavy atom. The lowest BCUT2D eigenvalue weighted by Crippen LogP contribution is -2.17. The van der Waals surface area contributed by atoms with Gasteiger partial charge in [0.15, 0.2) is 0 Å². The molecular formula is C20H18FN3O2. The molecule has 0 atom stereocenters. The molecule has 5 nitrogen and oxygen atoms in total. The third kappa shape index (κ3) is 3.35. The van der Waals surface area contributed by atoms with Gasteiger partial charge >= 0.3 is 0 Å². The largest absolute Gasteiger partial charge is 0.507 e. The van der Waals surface area contributed by atoms with Gasteiger partial charge in [-0.25, -0.2) is 9.82 Å². The lowest BCUT2D eigenvalue weighted by molar-refractivity contribution is 0.0952. The van der Waals surface area contributed by atoms with Crippen molar-refractivity contribution in [2.45, 2.75) is 13.8 Å². The van der Waals surface area contributed by atoms with Crippen molar-refractivity contribution in [2.24, 2.45) is 5.10 Å². The first-order valence-corrected chi connectivity index (χ1v) is 8.04. The minimum absolute atomic E-state index is 0.113. The van der Waals surface area contributed by atoms with E-state index in [1.165, 1.54) is 24.4 Å². The molecule has 0 spiro atoms. The van der Waals surface area contributed by atoms with Gasteiger partial charge in [-0.3, -0.25) is 4.79 Å². The molecule has 0 saturated heterocycles. The first-order valence-electron chi connectivity index (χ1n) is 8.04. The summed E-state index contributed by atoms with van der Waals surface area (Å²) in [5, 5.41) is 13.6. The lowest BCUT2D eigenvalue weighted by atomic mass is 10.2. The van der Waals surface area contributed by atoms with Crippen LogP contribution >= 0.6 is 0 Å². The van der Waals surface area contributed by atoms with Gasteiger partial charge in [-0.2, -0.15) is 5.10 Å². The van der Waals surface area contributed by atoms with Crippen molar-refractivity contribution >= 4 is 12.1 Å². The number of carbonyl (C=O) groups is 1. The average molecular weight is 351 g/mol. The molecule has 0 aliphatic heterocycles. The highest BCUT2D eigenvalue weighted by Gasteiger charge is 2.13. The Balaban J connectivity index is 1.82. The molecule has 0 radical (unpaired) electrons. The van der Waals surface area contributed by atoms with Crippen molar-refractivity contribution in [1.29, 1.82) is 0 Å². The van der Waals surface area contributed by atoms with E-state index in [1.807, 2.05) is 19.9 Å². The maximum atomic E-state index is 14.1. The summed E-state index contributed by atoms with van der Waals surface area (Å²) < 4.78 is 15.9. The van der Waals surface area contributed by atoms with Crippen LogP contribution in [-0.2, 0) is 0 Å². The lowest BCUT2D eigenvalue weighted by Gasteiger charge is -2.10. The van der Waals surface area contributed by atoms with Crippen LogP contribution < -0.4 is 5.43 Å². The molecule has 2 aromatic carbocycles. The quantitative estimate of drug-likeness (QED) is 0.556. The molecule has 26 heavy (non-hydrogen) atoms. The molecule has 0 fully saturated rings. The number of nitrogens with one attached hydrogen (secondary N) is 1. The third-order valence-corrected chi connectivity index (χ3v) is 4.08. The molecule has 1 heterocycles. The number of phenols is 1. The number of benzene rings is 2. The van der Waals surface area contributed by atoms with Crippen molar-refractivity contribution in [2.75, 3.05) is 0 Å². The van der Waals surface area contributed by atoms with Crippen LogP contribution in [0.1, 0.15) is 27.3 Å². The van der Waals surface area contributed by atoms with E-state index in [-0.39, 0.29) is 17.1 Å². The number of rotatable bonds is 4. The number of hydrogen-bond donors (Lipinski definition) is 2. The Morgan fingerprint density at radius 3 is 2.58 bits per heavy atom. The van der Waals surface area contributed by atoms with E-state index in [0.29, 0.717) is 5.69 Å². The summed E-state index contributed by atoms with van der Waals surface area (Å²) in [4.78, 5) is 12.0. The second-order valence-corrected chi connectivity index (χ2v) is 5.83. The van der Waals surface area contributed by atoms with Gasteiger partial charge in [-0.1, -0.05) is 24.3 Å². The number of hydrogen-bond acceptors (Lipinski definition) is 3. The Kier molecular flexibility index (Phi) is 4.84. The van der Waals surface area contributed by atoms with Crippen LogP contribution in [-0.4, -0.2) is 21.8 Å². The van der Waals surface area contributed by atoms with Crippen molar-refractivity contribution in [1.82, 2.24) is 9.99 Å². The van der Waals surface area contributed by atoms with Gasteiger partial charge in [-0.05, 0) is 44.2 Å².